The largest absolute Gasteiger partial charge is 0.353 e. The van der Waals surface area contributed by atoms with Crippen LogP contribution in [0, 0.1) is 0 Å². The lowest BCUT2D eigenvalue weighted by Gasteiger charge is -2.42. The van der Waals surface area contributed by atoms with Gasteiger partial charge in [-0.05, 0) is 56.7 Å². The fourth-order valence-corrected chi connectivity index (χ4v) is 4.87. The molecule has 4 rings (SSSR count). The van der Waals surface area contributed by atoms with Crippen molar-refractivity contribution in [3.05, 3.63) is 33.8 Å². The van der Waals surface area contributed by atoms with Gasteiger partial charge >= 0.3 is 0 Å². The molecule has 0 bridgehead atoms. The van der Waals surface area contributed by atoms with Crippen LogP contribution in [0.25, 0.3) is 0 Å². The van der Waals surface area contributed by atoms with Crippen LogP contribution in [0.5, 0.6) is 0 Å². The second-order valence-electron chi connectivity index (χ2n) is 7.67. The molecule has 27 heavy (non-hydrogen) atoms. The van der Waals surface area contributed by atoms with E-state index < -0.39 is 11.8 Å². The molecule has 2 saturated heterocycles. The van der Waals surface area contributed by atoms with E-state index in [0.717, 1.165) is 58.0 Å². The molecule has 1 aliphatic carbocycles. The summed E-state index contributed by atoms with van der Waals surface area (Å²) in [4.78, 5) is 30.2. The first kappa shape index (κ1) is 19.0. The molecule has 0 N–H and O–H groups in total. The summed E-state index contributed by atoms with van der Waals surface area (Å²) in [7, 11) is 0. The maximum absolute atomic E-state index is 13.5. The highest BCUT2D eigenvalue weighted by Gasteiger charge is 2.53. The van der Waals surface area contributed by atoms with Gasteiger partial charge in [0.1, 0.15) is 11.8 Å². The Bertz CT molecular complexity index is 743. The van der Waals surface area contributed by atoms with Gasteiger partial charge in [0.15, 0.2) is 0 Å². The molecule has 0 aromatic heterocycles. The lowest BCUT2D eigenvalue weighted by molar-refractivity contribution is -0.136. The van der Waals surface area contributed by atoms with Gasteiger partial charge in [0.2, 0.25) is 5.91 Å². The number of likely N-dealkylation sites (tertiary alicyclic amines) is 1. The average Bonchev–Trinajstić information content (AvgIpc) is 3.32. The zero-order valence-electron chi connectivity index (χ0n) is 15.3. The fraction of sp³-hybridized carbons (Fsp3) is 0.600. The van der Waals surface area contributed by atoms with E-state index in [1.54, 1.807) is 23.1 Å². The number of carbonyl (C=O) groups excluding carboxylic acids is 2. The van der Waals surface area contributed by atoms with Gasteiger partial charge in [-0.3, -0.25) is 14.5 Å². The van der Waals surface area contributed by atoms with Crippen molar-refractivity contribution in [2.24, 2.45) is 0 Å². The Balaban J connectivity index is 1.68. The van der Waals surface area contributed by atoms with E-state index in [1.807, 2.05) is 4.90 Å². The zero-order chi connectivity index (χ0) is 19.0. The number of amides is 2. The van der Waals surface area contributed by atoms with Gasteiger partial charge in [-0.15, -0.1) is 0 Å². The third-order valence-electron chi connectivity index (χ3n) is 5.98. The molecule has 7 heteroatoms. The standard InChI is InChI=1S/C20H24Cl2N2O3/c21-15-7-6-14(12-16(15)22)18(25)24-17(19(26)23-10-4-5-11-23)13-27-20(24)8-2-1-3-9-20/h6-7,12,17H,1-5,8-11,13H2/t17-/m1/s1. The van der Waals surface area contributed by atoms with Crippen LogP contribution >= 0.6 is 23.2 Å². The second kappa shape index (κ2) is 7.61. The number of halogens is 2. The highest BCUT2D eigenvalue weighted by Crippen LogP contribution is 2.42. The summed E-state index contributed by atoms with van der Waals surface area (Å²) < 4.78 is 6.18. The van der Waals surface area contributed by atoms with Crippen molar-refractivity contribution in [2.75, 3.05) is 19.7 Å². The summed E-state index contributed by atoms with van der Waals surface area (Å²) in [6, 6.07) is 4.31. The third kappa shape index (κ3) is 3.45. The molecular weight excluding hydrogens is 387 g/mol. The molecule has 0 radical (unpaired) electrons. The monoisotopic (exact) mass is 410 g/mol. The Labute approximate surface area is 169 Å². The maximum atomic E-state index is 13.5. The molecule has 2 aliphatic heterocycles. The fourth-order valence-electron chi connectivity index (χ4n) is 4.58. The molecule has 2 heterocycles. The lowest BCUT2D eigenvalue weighted by atomic mass is 9.89. The highest BCUT2D eigenvalue weighted by atomic mass is 35.5. The Kier molecular flexibility index (Phi) is 5.36. The van der Waals surface area contributed by atoms with E-state index in [2.05, 4.69) is 0 Å². The van der Waals surface area contributed by atoms with Crippen LogP contribution < -0.4 is 0 Å². The summed E-state index contributed by atoms with van der Waals surface area (Å²) in [5.74, 6) is -0.200. The summed E-state index contributed by atoms with van der Waals surface area (Å²) in [6.45, 7) is 1.79. The van der Waals surface area contributed by atoms with Crippen molar-refractivity contribution in [1.29, 1.82) is 0 Å². The number of hydrogen-bond donors (Lipinski definition) is 0. The van der Waals surface area contributed by atoms with Gasteiger partial charge in [0.05, 0.1) is 16.7 Å². The van der Waals surface area contributed by atoms with Crippen LogP contribution in [0.2, 0.25) is 10.0 Å². The predicted molar refractivity (Wildman–Crippen MR) is 104 cm³/mol. The van der Waals surface area contributed by atoms with Crippen molar-refractivity contribution in [3.63, 3.8) is 0 Å². The van der Waals surface area contributed by atoms with Crippen LogP contribution in [0.3, 0.4) is 0 Å². The number of rotatable bonds is 2. The van der Waals surface area contributed by atoms with Crippen molar-refractivity contribution in [3.8, 4) is 0 Å². The van der Waals surface area contributed by atoms with Crippen LogP contribution in [-0.2, 0) is 9.53 Å². The molecule has 1 aromatic carbocycles. The second-order valence-corrected chi connectivity index (χ2v) is 8.48. The van der Waals surface area contributed by atoms with Crippen LogP contribution in [0.1, 0.15) is 55.3 Å². The van der Waals surface area contributed by atoms with Crippen molar-refractivity contribution < 1.29 is 14.3 Å². The molecule has 3 fully saturated rings. The third-order valence-corrected chi connectivity index (χ3v) is 6.72. The number of nitrogens with zero attached hydrogens (tertiary/aromatic N) is 2. The summed E-state index contributed by atoms with van der Waals surface area (Å²) in [5, 5.41) is 0.741. The molecule has 1 spiro atoms. The smallest absolute Gasteiger partial charge is 0.256 e. The topological polar surface area (TPSA) is 49.9 Å². The van der Waals surface area contributed by atoms with E-state index in [4.69, 9.17) is 27.9 Å². The minimum atomic E-state index is -0.679. The maximum Gasteiger partial charge on any atom is 0.256 e. The van der Waals surface area contributed by atoms with Gasteiger partial charge in [0, 0.05) is 18.7 Å². The molecule has 1 aromatic rings. The van der Waals surface area contributed by atoms with Crippen LogP contribution in [0.4, 0.5) is 0 Å². The van der Waals surface area contributed by atoms with Crippen LogP contribution in [-0.4, -0.2) is 53.1 Å². The predicted octanol–water partition coefficient (Wildman–Crippen LogP) is 4.12. The van der Waals surface area contributed by atoms with Crippen molar-refractivity contribution in [1.82, 2.24) is 9.80 Å². The number of ether oxygens (including phenoxy) is 1. The normalized spacial score (nSPS) is 24.6. The molecule has 0 unspecified atom stereocenters. The quantitative estimate of drug-likeness (QED) is 0.736. The number of benzene rings is 1. The summed E-state index contributed by atoms with van der Waals surface area (Å²) in [5.41, 5.74) is -0.235. The van der Waals surface area contributed by atoms with Gasteiger partial charge in [-0.25, -0.2) is 0 Å². The van der Waals surface area contributed by atoms with Crippen molar-refractivity contribution in [2.45, 2.75) is 56.7 Å². The van der Waals surface area contributed by atoms with E-state index in [1.165, 1.54) is 0 Å². The van der Waals surface area contributed by atoms with Gasteiger partial charge in [-0.2, -0.15) is 0 Å². The van der Waals surface area contributed by atoms with Crippen LogP contribution in [0.15, 0.2) is 18.2 Å². The van der Waals surface area contributed by atoms with Gasteiger partial charge in [-0.1, -0.05) is 29.6 Å². The minimum Gasteiger partial charge on any atom is -0.353 e. The summed E-state index contributed by atoms with van der Waals surface area (Å²) >= 11 is 12.1. The highest BCUT2D eigenvalue weighted by molar-refractivity contribution is 6.42. The van der Waals surface area contributed by atoms with E-state index in [-0.39, 0.29) is 18.4 Å². The first-order chi connectivity index (χ1) is 13.0. The molecular formula is C20H24Cl2N2O3. The Morgan fingerprint density at radius 3 is 2.37 bits per heavy atom. The number of carbonyl (C=O) groups is 2. The average molecular weight is 411 g/mol. The minimum absolute atomic E-state index is 0.00311. The number of hydrogen-bond acceptors (Lipinski definition) is 3. The van der Waals surface area contributed by atoms with Gasteiger partial charge in [0.25, 0.3) is 5.91 Å². The SMILES string of the molecule is O=C([C@H]1COC2(CCCCC2)N1C(=O)c1ccc(Cl)c(Cl)c1)N1CCCC1. The molecule has 1 atom stereocenters. The Hall–Kier alpha value is -1.30. The molecule has 1 saturated carbocycles. The van der Waals surface area contributed by atoms with E-state index in [0.29, 0.717) is 15.6 Å². The Morgan fingerprint density at radius 2 is 1.70 bits per heavy atom. The molecule has 3 aliphatic rings. The summed E-state index contributed by atoms with van der Waals surface area (Å²) in [6.07, 6.45) is 6.69. The molecule has 146 valence electrons. The lowest BCUT2D eigenvalue weighted by Crippen LogP contribution is -2.56. The zero-order valence-corrected chi connectivity index (χ0v) is 16.8. The first-order valence-corrected chi connectivity index (χ1v) is 10.5. The van der Waals surface area contributed by atoms with Crippen molar-refractivity contribution >= 4 is 35.0 Å². The Morgan fingerprint density at radius 1 is 1.00 bits per heavy atom. The van der Waals surface area contributed by atoms with E-state index in [9.17, 15) is 9.59 Å². The van der Waals surface area contributed by atoms with E-state index >= 15 is 0 Å². The first-order valence-electron chi connectivity index (χ1n) is 9.73. The van der Waals surface area contributed by atoms with Gasteiger partial charge < -0.3 is 9.64 Å². The molecule has 2 amide bonds. The molecule has 5 nitrogen and oxygen atoms in total.